The third kappa shape index (κ3) is 4.82. The normalized spacial score (nSPS) is 11.3. The first-order valence-corrected chi connectivity index (χ1v) is 10.8. The minimum absolute atomic E-state index is 0.714. The molecule has 2 aromatic carbocycles. The lowest BCUT2D eigenvalue weighted by Crippen LogP contribution is -2.25. The lowest BCUT2D eigenvalue weighted by molar-refractivity contribution is 0.306. The molecule has 4 heteroatoms. The quantitative estimate of drug-likeness (QED) is 0.453. The van der Waals surface area contributed by atoms with Gasteiger partial charge in [-0.25, -0.2) is 4.98 Å². The van der Waals surface area contributed by atoms with Crippen LogP contribution in [-0.2, 0) is 6.42 Å². The first kappa shape index (κ1) is 19.7. The van der Waals surface area contributed by atoms with Crippen LogP contribution in [0.4, 0.5) is 0 Å². The van der Waals surface area contributed by atoms with E-state index in [1.807, 2.05) is 6.92 Å². The molecular weight excluding hydrogens is 352 g/mol. The molecule has 3 aromatic rings. The van der Waals surface area contributed by atoms with Gasteiger partial charge < -0.3 is 9.32 Å². The van der Waals surface area contributed by atoms with Gasteiger partial charge in [0.05, 0.1) is 5.69 Å². The first-order chi connectivity index (χ1) is 13.1. The lowest BCUT2D eigenvalue weighted by Gasteiger charge is -2.16. The Morgan fingerprint density at radius 3 is 2.00 bits per heavy atom. The van der Waals surface area contributed by atoms with Gasteiger partial charge in [0.15, 0.2) is 0 Å². The molecule has 0 saturated carbocycles. The Hall–Kier alpha value is -2.04. The van der Waals surface area contributed by atoms with Crippen LogP contribution in [0.3, 0.4) is 0 Å². The fourth-order valence-electron chi connectivity index (χ4n) is 3.18. The van der Waals surface area contributed by atoms with Crippen LogP contribution in [0.5, 0.6) is 0 Å². The van der Waals surface area contributed by atoms with Gasteiger partial charge in [-0.2, -0.15) is 0 Å². The average molecular weight is 381 g/mol. The number of hydrogen-bond donors (Lipinski definition) is 0. The zero-order valence-corrected chi connectivity index (χ0v) is 17.5. The van der Waals surface area contributed by atoms with Crippen LogP contribution in [0.2, 0.25) is 0 Å². The molecule has 0 radical (unpaired) electrons. The molecule has 0 aliphatic rings. The summed E-state index contributed by atoms with van der Waals surface area (Å²) in [5, 5.41) is 0. The molecular formula is C23H28N2OS. The number of nitrogens with zero attached hydrogens (tertiary/aromatic N) is 2. The van der Waals surface area contributed by atoms with Gasteiger partial charge in [-0.3, -0.25) is 0 Å². The van der Waals surface area contributed by atoms with Crippen LogP contribution in [0, 0.1) is 6.92 Å². The molecule has 0 spiro atoms. The van der Waals surface area contributed by atoms with Gasteiger partial charge in [0.1, 0.15) is 5.76 Å². The molecule has 0 amide bonds. The minimum Gasteiger partial charge on any atom is -0.441 e. The minimum atomic E-state index is 0.714. The smallest absolute Gasteiger partial charge is 0.226 e. The summed E-state index contributed by atoms with van der Waals surface area (Å²) in [6, 6.07) is 17.1. The summed E-state index contributed by atoms with van der Waals surface area (Å²) >= 11 is 1.76. The maximum absolute atomic E-state index is 5.94. The molecule has 0 aliphatic carbocycles. The van der Waals surface area contributed by atoms with Crippen molar-refractivity contribution in [3.8, 4) is 22.6 Å². The number of oxazole rings is 1. The third-order valence-corrected chi connectivity index (χ3v) is 5.75. The first-order valence-electron chi connectivity index (χ1n) is 9.58. The SMILES string of the molecule is CCN(CC)CCc1nc(-c2ccc(-c3ccc(SC)cc3)cc2)oc1C. The molecule has 1 heterocycles. The van der Waals surface area contributed by atoms with Crippen LogP contribution < -0.4 is 0 Å². The summed E-state index contributed by atoms with van der Waals surface area (Å²) in [6.07, 6.45) is 3.02. The van der Waals surface area contributed by atoms with Crippen molar-refractivity contribution in [3.05, 3.63) is 60.0 Å². The second kappa shape index (κ2) is 9.25. The lowest BCUT2D eigenvalue weighted by atomic mass is 10.0. The second-order valence-corrected chi connectivity index (χ2v) is 7.48. The van der Waals surface area contributed by atoms with Crippen LogP contribution in [0.1, 0.15) is 25.3 Å². The van der Waals surface area contributed by atoms with Crippen molar-refractivity contribution in [3.63, 3.8) is 0 Å². The standard InChI is InChI=1S/C23H28N2OS/c1-5-25(6-2)16-15-22-17(3)26-23(24-22)20-9-7-18(8-10-20)19-11-13-21(27-4)14-12-19/h7-14H,5-6,15-16H2,1-4H3. The number of likely N-dealkylation sites (N-methyl/N-ethyl adjacent to an activating group) is 1. The molecule has 0 N–H and O–H groups in total. The van der Waals surface area contributed by atoms with E-state index in [0.29, 0.717) is 5.89 Å². The molecule has 27 heavy (non-hydrogen) atoms. The van der Waals surface area contributed by atoms with E-state index in [9.17, 15) is 0 Å². The number of thioether (sulfide) groups is 1. The zero-order chi connectivity index (χ0) is 19.2. The second-order valence-electron chi connectivity index (χ2n) is 6.60. The molecule has 3 rings (SSSR count). The Balaban J connectivity index is 1.74. The predicted molar refractivity (Wildman–Crippen MR) is 115 cm³/mol. The largest absolute Gasteiger partial charge is 0.441 e. The Kier molecular flexibility index (Phi) is 6.75. The van der Waals surface area contributed by atoms with Crippen molar-refractivity contribution >= 4 is 11.8 Å². The predicted octanol–water partition coefficient (Wildman–Crippen LogP) is 5.92. The van der Waals surface area contributed by atoms with Crippen LogP contribution in [0.25, 0.3) is 22.6 Å². The van der Waals surface area contributed by atoms with E-state index in [-0.39, 0.29) is 0 Å². The molecule has 1 aromatic heterocycles. The number of aryl methyl sites for hydroxylation is 1. The molecule has 142 valence electrons. The van der Waals surface area contributed by atoms with Crippen molar-refractivity contribution in [1.29, 1.82) is 0 Å². The van der Waals surface area contributed by atoms with Crippen molar-refractivity contribution in [2.24, 2.45) is 0 Å². The van der Waals surface area contributed by atoms with Crippen molar-refractivity contribution < 1.29 is 4.42 Å². The summed E-state index contributed by atoms with van der Waals surface area (Å²) in [4.78, 5) is 8.44. The van der Waals surface area contributed by atoms with Gasteiger partial charge in [-0.1, -0.05) is 38.1 Å². The third-order valence-electron chi connectivity index (χ3n) is 5.01. The fourth-order valence-corrected chi connectivity index (χ4v) is 3.58. The van der Waals surface area contributed by atoms with Crippen LogP contribution in [0.15, 0.2) is 57.8 Å². The number of hydrogen-bond acceptors (Lipinski definition) is 4. The topological polar surface area (TPSA) is 29.3 Å². The highest BCUT2D eigenvalue weighted by Crippen LogP contribution is 2.27. The van der Waals surface area contributed by atoms with Crippen molar-refractivity contribution in [1.82, 2.24) is 9.88 Å². The van der Waals surface area contributed by atoms with Crippen molar-refractivity contribution in [2.75, 3.05) is 25.9 Å². The van der Waals surface area contributed by atoms with E-state index in [2.05, 4.69) is 73.5 Å². The Labute approximate surface area is 166 Å². The Morgan fingerprint density at radius 1 is 0.889 bits per heavy atom. The van der Waals surface area contributed by atoms with Crippen LogP contribution >= 0.6 is 11.8 Å². The van der Waals surface area contributed by atoms with E-state index in [1.54, 1.807) is 11.8 Å². The summed E-state index contributed by atoms with van der Waals surface area (Å²) < 4.78 is 5.94. The van der Waals surface area contributed by atoms with E-state index in [0.717, 1.165) is 43.1 Å². The summed E-state index contributed by atoms with van der Waals surface area (Å²) in [6.45, 7) is 9.56. The zero-order valence-electron chi connectivity index (χ0n) is 16.7. The summed E-state index contributed by atoms with van der Waals surface area (Å²) in [5.41, 5.74) is 4.52. The number of benzene rings is 2. The van der Waals surface area contributed by atoms with E-state index in [1.165, 1.54) is 16.0 Å². The van der Waals surface area contributed by atoms with Crippen molar-refractivity contribution in [2.45, 2.75) is 32.1 Å². The van der Waals surface area contributed by atoms with E-state index in [4.69, 9.17) is 9.40 Å². The van der Waals surface area contributed by atoms with E-state index >= 15 is 0 Å². The van der Waals surface area contributed by atoms with Gasteiger partial charge in [0.2, 0.25) is 5.89 Å². The number of rotatable bonds is 8. The maximum atomic E-state index is 5.94. The van der Waals surface area contributed by atoms with Gasteiger partial charge in [0.25, 0.3) is 0 Å². The molecule has 3 nitrogen and oxygen atoms in total. The number of aromatic nitrogens is 1. The van der Waals surface area contributed by atoms with Gasteiger partial charge >= 0.3 is 0 Å². The molecule has 0 aliphatic heterocycles. The fraction of sp³-hybridized carbons (Fsp3) is 0.348. The maximum Gasteiger partial charge on any atom is 0.226 e. The summed E-state index contributed by atoms with van der Waals surface area (Å²) in [7, 11) is 0. The summed E-state index contributed by atoms with van der Waals surface area (Å²) in [5.74, 6) is 1.64. The Morgan fingerprint density at radius 2 is 1.44 bits per heavy atom. The highest BCUT2D eigenvalue weighted by atomic mass is 32.2. The highest BCUT2D eigenvalue weighted by Gasteiger charge is 2.12. The van der Waals surface area contributed by atoms with Crippen LogP contribution in [-0.4, -0.2) is 35.8 Å². The van der Waals surface area contributed by atoms with Gasteiger partial charge in [-0.15, -0.1) is 11.8 Å². The monoisotopic (exact) mass is 380 g/mol. The molecule has 0 unspecified atom stereocenters. The molecule has 0 bridgehead atoms. The highest BCUT2D eigenvalue weighted by molar-refractivity contribution is 7.98. The van der Waals surface area contributed by atoms with Gasteiger partial charge in [-0.05, 0) is 61.7 Å². The molecule has 0 saturated heterocycles. The molecule has 0 fully saturated rings. The van der Waals surface area contributed by atoms with E-state index < -0.39 is 0 Å². The van der Waals surface area contributed by atoms with Gasteiger partial charge in [0, 0.05) is 23.4 Å². The Bertz CT molecular complexity index is 849. The molecule has 0 atom stereocenters. The average Bonchev–Trinajstić information content (AvgIpc) is 3.09.